The van der Waals surface area contributed by atoms with E-state index in [0.29, 0.717) is 5.75 Å². The fourth-order valence-electron chi connectivity index (χ4n) is 1.65. The molecule has 0 saturated heterocycles. The Kier molecular flexibility index (Phi) is 2.73. The van der Waals surface area contributed by atoms with Crippen LogP contribution in [0.25, 0.3) is 16.8 Å². The van der Waals surface area contributed by atoms with Crippen LogP contribution in [0.2, 0.25) is 0 Å². The standard InChI is InChI=1S/C14H12O2/c1-3-11-8-12-6-4-5-7-13(12)14(9-11)16-10(2)15/h3-9H,1H2,2H3. The van der Waals surface area contributed by atoms with Crippen LogP contribution in [0.1, 0.15) is 12.5 Å². The summed E-state index contributed by atoms with van der Waals surface area (Å²) in [5.41, 5.74) is 0.940. The Labute approximate surface area is 94.2 Å². The van der Waals surface area contributed by atoms with Crippen LogP contribution in [0.3, 0.4) is 0 Å². The summed E-state index contributed by atoms with van der Waals surface area (Å²) < 4.78 is 5.18. The third kappa shape index (κ3) is 1.96. The molecule has 0 amide bonds. The summed E-state index contributed by atoms with van der Waals surface area (Å²) in [5, 5.41) is 1.97. The zero-order chi connectivity index (χ0) is 11.5. The molecule has 16 heavy (non-hydrogen) atoms. The summed E-state index contributed by atoms with van der Waals surface area (Å²) in [7, 11) is 0. The summed E-state index contributed by atoms with van der Waals surface area (Å²) >= 11 is 0. The summed E-state index contributed by atoms with van der Waals surface area (Å²) in [6.07, 6.45) is 1.74. The number of ether oxygens (including phenoxy) is 1. The molecule has 0 aliphatic rings. The highest BCUT2D eigenvalue weighted by Gasteiger charge is 2.05. The van der Waals surface area contributed by atoms with E-state index in [0.717, 1.165) is 16.3 Å². The van der Waals surface area contributed by atoms with Gasteiger partial charge in [-0.25, -0.2) is 0 Å². The summed E-state index contributed by atoms with van der Waals surface area (Å²) in [6, 6.07) is 11.6. The van der Waals surface area contributed by atoms with Gasteiger partial charge in [0.1, 0.15) is 5.75 Å². The summed E-state index contributed by atoms with van der Waals surface area (Å²) in [4.78, 5) is 11.0. The summed E-state index contributed by atoms with van der Waals surface area (Å²) in [5.74, 6) is 0.270. The smallest absolute Gasteiger partial charge is 0.308 e. The van der Waals surface area contributed by atoms with E-state index in [1.165, 1.54) is 6.92 Å². The first-order chi connectivity index (χ1) is 7.70. The van der Waals surface area contributed by atoms with Crippen LogP contribution in [-0.2, 0) is 4.79 Å². The highest BCUT2D eigenvalue weighted by Crippen LogP contribution is 2.28. The van der Waals surface area contributed by atoms with E-state index in [1.807, 2.05) is 36.4 Å². The Balaban J connectivity index is 2.67. The molecule has 0 aromatic heterocycles. The second kappa shape index (κ2) is 4.19. The van der Waals surface area contributed by atoms with Gasteiger partial charge in [-0.2, -0.15) is 0 Å². The lowest BCUT2D eigenvalue weighted by molar-refractivity contribution is -0.131. The van der Waals surface area contributed by atoms with E-state index < -0.39 is 0 Å². The number of rotatable bonds is 2. The highest BCUT2D eigenvalue weighted by molar-refractivity contribution is 5.92. The third-order valence-corrected chi connectivity index (χ3v) is 2.34. The number of carbonyl (C=O) groups is 1. The zero-order valence-corrected chi connectivity index (χ0v) is 9.07. The van der Waals surface area contributed by atoms with Crippen LogP contribution in [0.4, 0.5) is 0 Å². The molecule has 0 aliphatic heterocycles. The molecule has 0 fully saturated rings. The van der Waals surface area contributed by atoms with E-state index in [9.17, 15) is 4.79 Å². The van der Waals surface area contributed by atoms with Crippen molar-refractivity contribution < 1.29 is 9.53 Å². The maximum atomic E-state index is 11.0. The van der Waals surface area contributed by atoms with Crippen molar-refractivity contribution in [3.05, 3.63) is 48.5 Å². The van der Waals surface area contributed by atoms with Gasteiger partial charge in [-0.1, -0.05) is 36.9 Å². The zero-order valence-electron chi connectivity index (χ0n) is 9.07. The first kappa shape index (κ1) is 10.4. The maximum Gasteiger partial charge on any atom is 0.308 e. The monoisotopic (exact) mass is 212 g/mol. The van der Waals surface area contributed by atoms with Crippen molar-refractivity contribution in [3.63, 3.8) is 0 Å². The topological polar surface area (TPSA) is 26.3 Å². The van der Waals surface area contributed by atoms with Gasteiger partial charge in [0.05, 0.1) is 0 Å². The molecular formula is C14H12O2. The van der Waals surface area contributed by atoms with E-state index in [1.54, 1.807) is 6.08 Å². The van der Waals surface area contributed by atoms with E-state index in [-0.39, 0.29) is 5.97 Å². The van der Waals surface area contributed by atoms with Crippen LogP contribution in [0, 0.1) is 0 Å². The first-order valence-electron chi connectivity index (χ1n) is 5.04. The van der Waals surface area contributed by atoms with Gasteiger partial charge in [0.2, 0.25) is 0 Å². The molecule has 0 heterocycles. The van der Waals surface area contributed by atoms with Crippen LogP contribution >= 0.6 is 0 Å². The second-order valence-corrected chi connectivity index (χ2v) is 3.54. The molecular weight excluding hydrogens is 200 g/mol. The van der Waals surface area contributed by atoms with Gasteiger partial charge in [-0.3, -0.25) is 4.79 Å². The van der Waals surface area contributed by atoms with Gasteiger partial charge >= 0.3 is 5.97 Å². The van der Waals surface area contributed by atoms with E-state index in [4.69, 9.17) is 4.74 Å². The van der Waals surface area contributed by atoms with Crippen LogP contribution in [0.15, 0.2) is 43.0 Å². The molecule has 0 bridgehead atoms. The van der Waals surface area contributed by atoms with Crippen molar-refractivity contribution in [3.8, 4) is 5.75 Å². The SMILES string of the molecule is C=Cc1cc(OC(C)=O)c2ccccc2c1. The van der Waals surface area contributed by atoms with Gasteiger partial charge in [0.15, 0.2) is 0 Å². The normalized spacial score (nSPS) is 10.1. The predicted octanol–water partition coefficient (Wildman–Crippen LogP) is 3.41. The molecule has 2 aromatic rings. The largest absolute Gasteiger partial charge is 0.426 e. The van der Waals surface area contributed by atoms with Crippen LogP contribution in [0.5, 0.6) is 5.75 Å². The minimum Gasteiger partial charge on any atom is -0.426 e. The van der Waals surface area contributed by atoms with Crippen molar-refractivity contribution >= 4 is 22.8 Å². The molecule has 80 valence electrons. The molecule has 0 spiro atoms. The lowest BCUT2D eigenvalue weighted by atomic mass is 10.1. The van der Waals surface area contributed by atoms with Crippen molar-refractivity contribution in [1.82, 2.24) is 0 Å². The third-order valence-electron chi connectivity index (χ3n) is 2.34. The molecule has 2 aromatic carbocycles. The molecule has 0 aliphatic carbocycles. The minimum absolute atomic E-state index is 0.314. The average molecular weight is 212 g/mol. The Morgan fingerprint density at radius 3 is 2.75 bits per heavy atom. The predicted molar refractivity (Wildman–Crippen MR) is 65.3 cm³/mol. The van der Waals surface area contributed by atoms with Crippen molar-refractivity contribution in [2.24, 2.45) is 0 Å². The van der Waals surface area contributed by atoms with E-state index >= 15 is 0 Å². The van der Waals surface area contributed by atoms with Crippen molar-refractivity contribution in [2.45, 2.75) is 6.92 Å². The second-order valence-electron chi connectivity index (χ2n) is 3.54. The molecule has 2 heteroatoms. The lowest BCUT2D eigenvalue weighted by Crippen LogP contribution is -2.02. The molecule has 2 rings (SSSR count). The fourth-order valence-corrected chi connectivity index (χ4v) is 1.65. The first-order valence-corrected chi connectivity index (χ1v) is 5.04. The van der Waals surface area contributed by atoms with Gasteiger partial charge in [-0.05, 0) is 23.1 Å². The number of hydrogen-bond donors (Lipinski definition) is 0. The summed E-state index contributed by atoms with van der Waals surface area (Å²) in [6.45, 7) is 5.12. The Bertz CT molecular complexity index is 556. The number of carbonyl (C=O) groups excluding carboxylic acids is 1. The van der Waals surface area contributed by atoms with Gasteiger partial charge in [0, 0.05) is 12.3 Å². The average Bonchev–Trinajstić information content (AvgIpc) is 2.28. The molecule has 0 atom stereocenters. The van der Waals surface area contributed by atoms with Gasteiger partial charge in [-0.15, -0.1) is 0 Å². The number of esters is 1. The van der Waals surface area contributed by atoms with Crippen molar-refractivity contribution in [1.29, 1.82) is 0 Å². The van der Waals surface area contributed by atoms with Crippen molar-refractivity contribution in [2.75, 3.05) is 0 Å². The molecule has 0 saturated carbocycles. The Morgan fingerprint density at radius 2 is 2.06 bits per heavy atom. The highest BCUT2D eigenvalue weighted by atomic mass is 16.5. The lowest BCUT2D eigenvalue weighted by Gasteiger charge is -2.07. The Hall–Kier alpha value is -2.09. The van der Waals surface area contributed by atoms with Gasteiger partial charge < -0.3 is 4.74 Å². The van der Waals surface area contributed by atoms with Gasteiger partial charge in [0.25, 0.3) is 0 Å². The number of hydrogen-bond acceptors (Lipinski definition) is 2. The van der Waals surface area contributed by atoms with E-state index in [2.05, 4.69) is 6.58 Å². The number of fused-ring (bicyclic) bond motifs is 1. The minimum atomic E-state index is -0.314. The molecule has 0 unspecified atom stereocenters. The quantitative estimate of drug-likeness (QED) is 0.563. The van der Waals surface area contributed by atoms with Crippen LogP contribution < -0.4 is 4.74 Å². The van der Waals surface area contributed by atoms with Crippen LogP contribution in [-0.4, -0.2) is 5.97 Å². The molecule has 0 N–H and O–H groups in total. The molecule has 2 nitrogen and oxygen atoms in total. The maximum absolute atomic E-state index is 11.0. The molecule has 0 radical (unpaired) electrons. The number of benzene rings is 2. The Morgan fingerprint density at radius 1 is 1.31 bits per heavy atom. The fraction of sp³-hybridized carbons (Fsp3) is 0.0714.